The summed E-state index contributed by atoms with van der Waals surface area (Å²) >= 11 is 3.29. The maximum Gasteiger partial charge on any atom is 0.338 e. The zero-order valence-corrected chi connectivity index (χ0v) is 14.7. The van der Waals surface area contributed by atoms with Gasteiger partial charge in [-0.1, -0.05) is 22.0 Å². The van der Waals surface area contributed by atoms with Gasteiger partial charge >= 0.3 is 5.97 Å². The number of halogens is 1. The molecule has 0 spiro atoms. The molecule has 1 heterocycles. The fourth-order valence-electron chi connectivity index (χ4n) is 1.95. The normalized spacial score (nSPS) is 12.0. The van der Waals surface area contributed by atoms with Crippen LogP contribution in [0.2, 0.25) is 0 Å². The van der Waals surface area contributed by atoms with Crippen LogP contribution < -0.4 is 5.32 Å². The Morgan fingerprint density at radius 1 is 1.26 bits per heavy atom. The Morgan fingerprint density at radius 2 is 2.00 bits per heavy atom. The fraction of sp³-hybridized carbons (Fsp3) is 0.312. The largest absolute Gasteiger partial charge is 0.449 e. The number of benzene rings is 1. The van der Waals surface area contributed by atoms with Gasteiger partial charge in [0.25, 0.3) is 5.91 Å². The van der Waals surface area contributed by atoms with Gasteiger partial charge in [0.05, 0.1) is 11.8 Å². The molecule has 0 unspecified atom stereocenters. The first-order valence-corrected chi connectivity index (χ1v) is 7.98. The summed E-state index contributed by atoms with van der Waals surface area (Å²) in [7, 11) is 0. The number of ether oxygens (including phenoxy) is 1. The number of esters is 1. The number of rotatable bonds is 5. The molecule has 122 valence electrons. The molecule has 0 radical (unpaired) electrons. The van der Waals surface area contributed by atoms with E-state index < -0.39 is 18.0 Å². The van der Waals surface area contributed by atoms with Crippen LogP contribution in [-0.4, -0.2) is 27.8 Å². The van der Waals surface area contributed by atoms with Crippen molar-refractivity contribution in [3.05, 3.63) is 46.6 Å². The Hall–Kier alpha value is -2.15. The van der Waals surface area contributed by atoms with Crippen LogP contribution in [0, 0.1) is 0 Å². The lowest BCUT2D eigenvalue weighted by Crippen LogP contribution is -2.31. The predicted octanol–water partition coefficient (Wildman–Crippen LogP) is 3.41. The third-order valence-electron chi connectivity index (χ3n) is 3.12. The summed E-state index contributed by atoms with van der Waals surface area (Å²) in [6.07, 6.45) is 0.685. The average molecular weight is 380 g/mol. The van der Waals surface area contributed by atoms with Crippen molar-refractivity contribution in [2.75, 3.05) is 5.32 Å². The fourth-order valence-corrected chi connectivity index (χ4v) is 2.35. The molecule has 1 atom stereocenters. The van der Waals surface area contributed by atoms with Crippen molar-refractivity contribution in [2.24, 2.45) is 0 Å². The minimum atomic E-state index is -0.919. The predicted molar refractivity (Wildman–Crippen MR) is 90.3 cm³/mol. The minimum absolute atomic E-state index is 0.111. The average Bonchev–Trinajstić information content (AvgIpc) is 2.95. The Kier molecular flexibility index (Phi) is 5.54. The third kappa shape index (κ3) is 4.41. The van der Waals surface area contributed by atoms with Crippen molar-refractivity contribution in [1.29, 1.82) is 0 Å². The van der Waals surface area contributed by atoms with Gasteiger partial charge in [-0.15, -0.1) is 0 Å². The maximum absolute atomic E-state index is 12.2. The molecule has 2 rings (SSSR count). The van der Waals surface area contributed by atoms with Gasteiger partial charge in [0.1, 0.15) is 5.82 Å². The third-order valence-corrected chi connectivity index (χ3v) is 3.62. The summed E-state index contributed by atoms with van der Waals surface area (Å²) < 4.78 is 7.65. The van der Waals surface area contributed by atoms with E-state index in [4.69, 9.17) is 4.74 Å². The van der Waals surface area contributed by atoms with Gasteiger partial charge in [0, 0.05) is 16.6 Å². The van der Waals surface area contributed by atoms with Gasteiger partial charge in [-0.3, -0.25) is 4.79 Å². The summed E-state index contributed by atoms with van der Waals surface area (Å²) in [5, 5.41) is 6.85. The molecule has 7 heteroatoms. The molecule has 1 aromatic carbocycles. The first kappa shape index (κ1) is 17.2. The van der Waals surface area contributed by atoms with Crippen molar-refractivity contribution in [3.63, 3.8) is 0 Å². The smallest absolute Gasteiger partial charge is 0.338 e. The van der Waals surface area contributed by atoms with Crippen LogP contribution in [0.15, 0.2) is 41.0 Å². The van der Waals surface area contributed by atoms with E-state index in [2.05, 4.69) is 26.3 Å². The highest BCUT2D eigenvalue weighted by molar-refractivity contribution is 9.10. The number of hydrogen-bond acceptors (Lipinski definition) is 4. The molecule has 0 bridgehead atoms. The molecule has 0 fully saturated rings. The number of carbonyl (C=O) groups excluding carboxylic acids is 2. The van der Waals surface area contributed by atoms with Gasteiger partial charge in [-0.05, 0) is 39.0 Å². The van der Waals surface area contributed by atoms with Crippen molar-refractivity contribution >= 4 is 33.6 Å². The maximum atomic E-state index is 12.2. The van der Waals surface area contributed by atoms with Gasteiger partial charge in [-0.25, -0.2) is 9.48 Å². The van der Waals surface area contributed by atoms with Crippen molar-refractivity contribution in [1.82, 2.24) is 9.78 Å². The Balaban J connectivity index is 2.00. The van der Waals surface area contributed by atoms with Gasteiger partial charge in [-0.2, -0.15) is 5.10 Å². The molecule has 0 aliphatic rings. The number of hydrogen-bond donors (Lipinski definition) is 1. The standard InChI is InChI=1S/C16H18BrN3O3/c1-10(2)20-14(7-8-18-20)19-15(21)11(3)23-16(22)12-5-4-6-13(17)9-12/h4-11H,1-3H3,(H,19,21)/t11-/m0/s1. The molecule has 0 saturated heterocycles. The number of nitrogens with one attached hydrogen (secondary N) is 1. The molecule has 0 saturated carbocycles. The summed E-state index contributed by atoms with van der Waals surface area (Å²) in [4.78, 5) is 24.2. The van der Waals surface area contributed by atoms with Crippen LogP contribution >= 0.6 is 15.9 Å². The number of nitrogens with zero attached hydrogens (tertiary/aromatic N) is 2. The molecule has 1 aromatic heterocycles. The summed E-state index contributed by atoms with van der Waals surface area (Å²) in [6, 6.07) is 8.61. The summed E-state index contributed by atoms with van der Waals surface area (Å²) in [6.45, 7) is 5.44. The quantitative estimate of drug-likeness (QED) is 0.807. The number of carbonyl (C=O) groups is 2. The molecule has 1 amide bonds. The van der Waals surface area contributed by atoms with E-state index in [0.717, 1.165) is 4.47 Å². The second-order valence-electron chi connectivity index (χ2n) is 5.30. The van der Waals surface area contributed by atoms with E-state index in [9.17, 15) is 9.59 Å². The highest BCUT2D eigenvalue weighted by Gasteiger charge is 2.20. The van der Waals surface area contributed by atoms with E-state index in [0.29, 0.717) is 11.4 Å². The second-order valence-corrected chi connectivity index (χ2v) is 6.22. The minimum Gasteiger partial charge on any atom is -0.449 e. The SMILES string of the molecule is CC(C)n1nccc1NC(=O)[C@H](C)OC(=O)c1cccc(Br)c1. The molecule has 6 nitrogen and oxygen atoms in total. The summed E-state index contributed by atoms with van der Waals surface area (Å²) in [5.74, 6) is -0.391. The van der Waals surface area contributed by atoms with Crippen molar-refractivity contribution < 1.29 is 14.3 Å². The zero-order valence-electron chi connectivity index (χ0n) is 13.1. The second kappa shape index (κ2) is 7.41. The first-order chi connectivity index (χ1) is 10.9. The van der Waals surface area contributed by atoms with Crippen LogP contribution in [0.1, 0.15) is 37.2 Å². The van der Waals surface area contributed by atoms with Crippen LogP contribution in [0.4, 0.5) is 5.82 Å². The first-order valence-electron chi connectivity index (χ1n) is 7.19. The van der Waals surface area contributed by atoms with Crippen molar-refractivity contribution in [3.8, 4) is 0 Å². The van der Waals surface area contributed by atoms with Crippen LogP contribution in [0.3, 0.4) is 0 Å². The van der Waals surface area contributed by atoms with Gasteiger partial charge in [0.2, 0.25) is 0 Å². The molecular formula is C16H18BrN3O3. The Morgan fingerprint density at radius 3 is 2.65 bits per heavy atom. The molecule has 2 aromatic rings. The number of aromatic nitrogens is 2. The van der Waals surface area contributed by atoms with Crippen LogP contribution in [-0.2, 0) is 9.53 Å². The monoisotopic (exact) mass is 379 g/mol. The van der Waals surface area contributed by atoms with E-state index in [1.807, 2.05) is 13.8 Å². The van der Waals surface area contributed by atoms with E-state index in [1.165, 1.54) is 6.92 Å². The van der Waals surface area contributed by atoms with E-state index >= 15 is 0 Å². The lowest BCUT2D eigenvalue weighted by atomic mass is 10.2. The van der Waals surface area contributed by atoms with Gasteiger partial charge < -0.3 is 10.1 Å². The van der Waals surface area contributed by atoms with E-state index in [-0.39, 0.29) is 6.04 Å². The molecule has 23 heavy (non-hydrogen) atoms. The lowest BCUT2D eigenvalue weighted by Gasteiger charge is -2.15. The Bertz CT molecular complexity index is 712. The topological polar surface area (TPSA) is 73.2 Å². The highest BCUT2D eigenvalue weighted by Crippen LogP contribution is 2.15. The summed E-state index contributed by atoms with van der Waals surface area (Å²) in [5.41, 5.74) is 0.381. The molecule has 0 aliphatic carbocycles. The highest BCUT2D eigenvalue weighted by atomic mass is 79.9. The van der Waals surface area contributed by atoms with Gasteiger partial charge in [0.15, 0.2) is 6.10 Å². The Labute approximate surface area is 143 Å². The lowest BCUT2D eigenvalue weighted by molar-refractivity contribution is -0.123. The molecule has 0 aliphatic heterocycles. The zero-order chi connectivity index (χ0) is 17.0. The van der Waals surface area contributed by atoms with E-state index in [1.54, 1.807) is 41.2 Å². The number of amides is 1. The van der Waals surface area contributed by atoms with Crippen LogP contribution in [0.25, 0.3) is 0 Å². The number of anilines is 1. The molecular weight excluding hydrogens is 362 g/mol. The van der Waals surface area contributed by atoms with Crippen molar-refractivity contribution in [2.45, 2.75) is 32.9 Å². The molecule has 1 N–H and O–H groups in total. The van der Waals surface area contributed by atoms with Crippen LogP contribution in [0.5, 0.6) is 0 Å².